The zero-order valence-electron chi connectivity index (χ0n) is 10.9. The summed E-state index contributed by atoms with van der Waals surface area (Å²) >= 11 is 0. The van der Waals surface area contributed by atoms with E-state index >= 15 is 0 Å². The second-order valence-electron chi connectivity index (χ2n) is 4.29. The molecule has 0 aliphatic heterocycles. The Hall–Kier alpha value is -2.85. The van der Waals surface area contributed by atoms with E-state index in [-0.39, 0.29) is 18.7 Å². The largest absolute Gasteiger partial charge is 0.423 e. The summed E-state index contributed by atoms with van der Waals surface area (Å²) in [4.78, 5) is 22.7. The van der Waals surface area contributed by atoms with Crippen molar-refractivity contribution in [1.82, 2.24) is 15.2 Å². The maximum Gasteiger partial charge on any atom is 0.423 e. The number of nitrogens with zero attached hydrogens (tertiary/aromatic N) is 2. The number of nitro benzene ring substituents is 1. The monoisotopic (exact) mass is 317 g/mol. The zero-order chi connectivity index (χ0) is 16.3. The van der Waals surface area contributed by atoms with Gasteiger partial charge in [0.25, 0.3) is 5.69 Å². The molecule has 3 N–H and O–H groups in total. The number of hydrogen-bond acceptors (Lipinski definition) is 5. The van der Waals surface area contributed by atoms with Crippen LogP contribution in [0, 0.1) is 10.1 Å². The van der Waals surface area contributed by atoms with Gasteiger partial charge in [0.2, 0.25) is 0 Å². The Morgan fingerprint density at radius 2 is 2.09 bits per heavy atom. The van der Waals surface area contributed by atoms with Gasteiger partial charge in [0, 0.05) is 24.7 Å². The first-order chi connectivity index (χ1) is 10.3. The summed E-state index contributed by atoms with van der Waals surface area (Å²) in [6, 6.07) is 2.65. The van der Waals surface area contributed by atoms with Crippen LogP contribution in [-0.2, 0) is 12.6 Å². The maximum absolute atomic E-state index is 12.8. The number of nitrogens with one attached hydrogen (secondary N) is 3. The fourth-order valence-corrected chi connectivity index (χ4v) is 1.78. The third kappa shape index (κ3) is 3.62. The van der Waals surface area contributed by atoms with Crippen LogP contribution in [0.5, 0.6) is 0 Å². The van der Waals surface area contributed by atoms with Crippen molar-refractivity contribution in [1.29, 1.82) is 0 Å². The molecule has 0 amide bonds. The molecule has 0 atom stereocenters. The number of aromatic nitrogens is 3. The van der Waals surface area contributed by atoms with Gasteiger partial charge in [-0.15, -0.1) is 0 Å². The summed E-state index contributed by atoms with van der Waals surface area (Å²) in [7, 11) is 0. The van der Waals surface area contributed by atoms with Gasteiger partial charge < -0.3 is 5.32 Å². The summed E-state index contributed by atoms with van der Waals surface area (Å²) in [5, 5.41) is 19.1. The van der Waals surface area contributed by atoms with Crippen LogP contribution >= 0.6 is 0 Å². The van der Waals surface area contributed by atoms with Gasteiger partial charge in [-0.25, -0.2) is 9.89 Å². The van der Waals surface area contributed by atoms with Gasteiger partial charge in [0.15, 0.2) is 0 Å². The molecule has 0 aliphatic carbocycles. The average molecular weight is 317 g/mol. The lowest BCUT2D eigenvalue weighted by molar-refractivity contribution is -0.388. The van der Waals surface area contributed by atoms with Crippen LogP contribution in [0.1, 0.15) is 11.4 Å². The van der Waals surface area contributed by atoms with Gasteiger partial charge >= 0.3 is 11.9 Å². The third-order valence-corrected chi connectivity index (χ3v) is 2.74. The number of rotatable bonds is 5. The second kappa shape index (κ2) is 5.87. The van der Waals surface area contributed by atoms with E-state index in [2.05, 4.69) is 20.5 Å². The number of anilines is 1. The standard InChI is InChI=1S/C11H10F3N5O3/c12-11(13,14)7-5-6(1-2-8(7)19(21)22)15-4-3-9-16-10(20)18-17-9/h1-2,5,15H,3-4H2,(H2,16,17,18,20). The number of H-pyrrole nitrogens is 2. The van der Waals surface area contributed by atoms with Crippen molar-refractivity contribution in [3.05, 3.63) is 50.2 Å². The molecule has 8 nitrogen and oxygen atoms in total. The van der Waals surface area contributed by atoms with Crippen LogP contribution in [0.2, 0.25) is 0 Å². The van der Waals surface area contributed by atoms with Gasteiger partial charge in [-0.05, 0) is 12.1 Å². The van der Waals surface area contributed by atoms with Crippen LogP contribution in [0.15, 0.2) is 23.0 Å². The highest BCUT2D eigenvalue weighted by Gasteiger charge is 2.38. The summed E-state index contributed by atoms with van der Waals surface area (Å²) in [5.41, 5.74) is -2.73. The number of aromatic amines is 2. The quantitative estimate of drug-likeness (QED) is 0.573. The minimum absolute atomic E-state index is 0.0795. The summed E-state index contributed by atoms with van der Waals surface area (Å²) in [6.45, 7) is 0.190. The normalized spacial score (nSPS) is 11.4. The second-order valence-corrected chi connectivity index (χ2v) is 4.29. The number of alkyl halides is 3. The first-order valence-electron chi connectivity index (χ1n) is 6.00. The highest BCUT2D eigenvalue weighted by Crippen LogP contribution is 2.37. The predicted octanol–water partition coefficient (Wildman–Crippen LogP) is 1.68. The molecule has 0 saturated carbocycles. The van der Waals surface area contributed by atoms with Crippen LogP contribution in [0.25, 0.3) is 0 Å². The molecule has 2 rings (SSSR count). The van der Waals surface area contributed by atoms with Gasteiger partial charge in [-0.3, -0.25) is 15.1 Å². The molecule has 0 saturated heterocycles. The van der Waals surface area contributed by atoms with Crippen molar-refractivity contribution < 1.29 is 18.1 Å². The minimum atomic E-state index is -4.83. The molecule has 1 heterocycles. The number of nitro groups is 1. The molecule has 11 heteroatoms. The molecule has 0 fully saturated rings. The Bertz CT molecular complexity index is 737. The topological polar surface area (TPSA) is 117 Å². The summed E-state index contributed by atoms with van der Waals surface area (Å²) in [6.07, 6.45) is -4.56. The molecular formula is C11H10F3N5O3. The molecule has 0 spiro atoms. The number of hydrogen-bond donors (Lipinski definition) is 3. The lowest BCUT2D eigenvalue weighted by atomic mass is 10.1. The molecule has 0 radical (unpaired) electrons. The lowest BCUT2D eigenvalue weighted by Crippen LogP contribution is -2.11. The van der Waals surface area contributed by atoms with E-state index in [4.69, 9.17) is 0 Å². The molecule has 1 aromatic heterocycles. The highest BCUT2D eigenvalue weighted by atomic mass is 19.4. The van der Waals surface area contributed by atoms with Crippen LogP contribution in [-0.4, -0.2) is 26.6 Å². The van der Waals surface area contributed by atoms with Crippen molar-refractivity contribution in [2.24, 2.45) is 0 Å². The first-order valence-corrected chi connectivity index (χ1v) is 6.00. The van der Waals surface area contributed by atoms with Crippen molar-refractivity contribution in [3.8, 4) is 0 Å². The van der Waals surface area contributed by atoms with Gasteiger partial charge in [0.05, 0.1) is 4.92 Å². The van der Waals surface area contributed by atoms with E-state index in [1.807, 2.05) is 0 Å². The molecule has 0 aliphatic rings. The van der Waals surface area contributed by atoms with Gasteiger partial charge in [0.1, 0.15) is 11.4 Å². The average Bonchev–Trinajstić information content (AvgIpc) is 2.83. The van der Waals surface area contributed by atoms with E-state index in [1.54, 1.807) is 0 Å². The maximum atomic E-state index is 12.8. The SMILES string of the molecule is O=c1[nH]nc(CCNc2ccc([N+](=O)[O-])c(C(F)(F)F)c2)[nH]1. The van der Waals surface area contributed by atoms with Crippen LogP contribution in [0.3, 0.4) is 0 Å². The molecular weight excluding hydrogens is 307 g/mol. The van der Waals surface area contributed by atoms with Gasteiger partial charge in [-0.1, -0.05) is 0 Å². The predicted molar refractivity (Wildman–Crippen MR) is 69.5 cm³/mol. The van der Waals surface area contributed by atoms with Crippen LogP contribution < -0.4 is 11.0 Å². The van der Waals surface area contributed by atoms with Crippen molar-refractivity contribution in [3.63, 3.8) is 0 Å². The van der Waals surface area contributed by atoms with Crippen molar-refractivity contribution in [2.45, 2.75) is 12.6 Å². The number of benzene rings is 1. The smallest absolute Gasteiger partial charge is 0.385 e. The minimum Gasteiger partial charge on any atom is -0.385 e. The fourth-order valence-electron chi connectivity index (χ4n) is 1.78. The van der Waals surface area contributed by atoms with Crippen molar-refractivity contribution >= 4 is 11.4 Å². The molecule has 22 heavy (non-hydrogen) atoms. The van der Waals surface area contributed by atoms with E-state index in [0.29, 0.717) is 11.9 Å². The Kier molecular flexibility index (Phi) is 4.15. The Morgan fingerprint density at radius 1 is 1.36 bits per heavy atom. The summed E-state index contributed by atoms with van der Waals surface area (Å²) < 4.78 is 38.4. The fraction of sp³-hybridized carbons (Fsp3) is 0.273. The van der Waals surface area contributed by atoms with Crippen LogP contribution in [0.4, 0.5) is 24.5 Å². The molecule has 1 aromatic carbocycles. The van der Waals surface area contributed by atoms with Crippen molar-refractivity contribution in [2.75, 3.05) is 11.9 Å². The van der Waals surface area contributed by atoms with Gasteiger partial charge in [-0.2, -0.15) is 18.3 Å². The molecule has 2 aromatic rings. The third-order valence-electron chi connectivity index (χ3n) is 2.74. The van der Waals surface area contributed by atoms with E-state index in [0.717, 1.165) is 6.07 Å². The first kappa shape index (κ1) is 15.5. The van der Waals surface area contributed by atoms with E-state index in [9.17, 15) is 28.1 Å². The Labute approximate surface area is 120 Å². The Morgan fingerprint density at radius 3 is 2.64 bits per heavy atom. The number of halogens is 3. The molecule has 118 valence electrons. The zero-order valence-corrected chi connectivity index (χ0v) is 10.9. The van der Waals surface area contributed by atoms with E-state index < -0.39 is 28.0 Å². The Balaban J connectivity index is 2.11. The van der Waals surface area contributed by atoms with E-state index in [1.165, 1.54) is 6.07 Å². The molecule has 0 bridgehead atoms. The molecule has 0 unspecified atom stereocenters. The summed E-state index contributed by atoms with van der Waals surface area (Å²) in [5.74, 6) is 0.343. The highest BCUT2D eigenvalue weighted by molar-refractivity contribution is 5.55. The lowest BCUT2D eigenvalue weighted by Gasteiger charge is -2.10.